The van der Waals surface area contributed by atoms with Crippen LogP contribution in [-0.2, 0) is 4.74 Å². The van der Waals surface area contributed by atoms with Crippen LogP contribution in [0, 0.1) is 6.92 Å². The molecule has 2 aromatic heterocycles. The fourth-order valence-corrected chi connectivity index (χ4v) is 5.03. The quantitative estimate of drug-likeness (QED) is 0.317. The largest absolute Gasteiger partial charge is 0.491 e. The van der Waals surface area contributed by atoms with Crippen LogP contribution in [0.4, 0.5) is 5.82 Å². The topological polar surface area (TPSA) is 106 Å². The van der Waals surface area contributed by atoms with Gasteiger partial charge in [0.1, 0.15) is 30.0 Å². The first-order chi connectivity index (χ1) is 18.9. The van der Waals surface area contributed by atoms with Gasteiger partial charge in [-0.05, 0) is 57.1 Å². The van der Waals surface area contributed by atoms with Crippen LogP contribution in [0.5, 0.6) is 5.75 Å². The highest BCUT2D eigenvalue weighted by Gasteiger charge is 2.25. The van der Waals surface area contributed by atoms with Crippen molar-refractivity contribution in [3.63, 3.8) is 0 Å². The molecule has 4 aromatic rings. The number of para-hydroxylation sites is 2. The summed E-state index contributed by atoms with van der Waals surface area (Å²) >= 11 is 6.50. The Labute approximate surface area is 233 Å². The number of aliphatic hydroxyl groups is 1. The Morgan fingerprint density at radius 2 is 1.90 bits per heavy atom. The SMILES string of the molecule is CNCC(O)COc1cc(Cl)cc(-c2nc(-c3cnc4ccccc4n3)c(C)c(N(C)C3CCOCC3)n2)c1. The van der Waals surface area contributed by atoms with E-state index < -0.39 is 6.10 Å². The van der Waals surface area contributed by atoms with Crippen LogP contribution < -0.4 is 15.0 Å². The summed E-state index contributed by atoms with van der Waals surface area (Å²) in [5, 5.41) is 13.5. The summed E-state index contributed by atoms with van der Waals surface area (Å²) in [4.78, 5) is 21.7. The van der Waals surface area contributed by atoms with Gasteiger partial charge in [0.15, 0.2) is 5.82 Å². The summed E-state index contributed by atoms with van der Waals surface area (Å²) in [5.74, 6) is 1.86. The number of fused-ring (bicyclic) bond motifs is 1. The van der Waals surface area contributed by atoms with E-state index in [1.54, 1.807) is 19.3 Å². The van der Waals surface area contributed by atoms with E-state index >= 15 is 0 Å². The number of aromatic nitrogens is 4. The molecule has 2 aromatic carbocycles. The van der Waals surface area contributed by atoms with E-state index in [9.17, 15) is 5.11 Å². The second-order valence-corrected chi connectivity index (χ2v) is 10.2. The summed E-state index contributed by atoms with van der Waals surface area (Å²) in [6, 6.07) is 13.5. The fraction of sp³-hybridized carbons (Fsp3) is 0.379. The van der Waals surface area contributed by atoms with Gasteiger partial charge in [0.05, 0.1) is 22.9 Å². The Balaban J connectivity index is 1.60. The number of rotatable bonds is 9. The van der Waals surface area contributed by atoms with Gasteiger partial charge in [-0.25, -0.2) is 15.0 Å². The zero-order chi connectivity index (χ0) is 27.4. The molecule has 0 aliphatic carbocycles. The van der Waals surface area contributed by atoms with Gasteiger partial charge < -0.3 is 24.8 Å². The zero-order valence-electron chi connectivity index (χ0n) is 22.4. The van der Waals surface area contributed by atoms with E-state index in [0.717, 1.165) is 48.5 Å². The highest BCUT2D eigenvalue weighted by Crippen LogP contribution is 2.34. The van der Waals surface area contributed by atoms with Crippen molar-refractivity contribution in [2.45, 2.75) is 31.9 Å². The lowest BCUT2D eigenvalue weighted by atomic mass is 10.1. The number of likely N-dealkylation sites (N-methyl/N-ethyl adjacent to an activating group) is 1. The molecule has 39 heavy (non-hydrogen) atoms. The maximum atomic E-state index is 10.1. The first-order valence-electron chi connectivity index (χ1n) is 13.1. The molecule has 1 atom stereocenters. The maximum absolute atomic E-state index is 10.1. The lowest BCUT2D eigenvalue weighted by Gasteiger charge is -2.33. The highest BCUT2D eigenvalue weighted by atomic mass is 35.5. The maximum Gasteiger partial charge on any atom is 0.162 e. The van der Waals surface area contributed by atoms with Crippen molar-refractivity contribution in [3.05, 3.63) is 59.2 Å². The summed E-state index contributed by atoms with van der Waals surface area (Å²) in [5.41, 5.74) is 4.63. The molecule has 204 valence electrons. The Bertz CT molecular complexity index is 1450. The molecule has 1 aliphatic rings. The molecule has 1 saturated heterocycles. The van der Waals surface area contributed by atoms with Crippen LogP contribution >= 0.6 is 11.6 Å². The zero-order valence-corrected chi connectivity index (χ0v) is 23.1. The van der Waals surface area contributed by atoms with Gasteiger partial charge >= 0.3 is 0 Å². The smallest absolute Gasteiger partial charge is 0.162 e. The van der Waals surface area contributed by atoms with Crippen LogP contribution in [-0.4, -0.2) is 77.6 Å². The molecule has 10 heteroatoms. The van der Waals surface area contributed by atoms with Gasteiger partial charge in [0.25, 0.3) is 0 Å². The summed E-state index contributed by atoms with van der Waals surface area (Å²) < 4.78 is 11.4. The molecule has 5 rings (SSSR count). The molecule has 0 bridgehead atoms. The van der Waals surface area contributed by atoms with Crippen LogP contribution in [0.1, 0.15) is 18.4 Å². The first kappa shape index (κ1) is 27.2. The minimum Gasteiger partial charge on any atom is -0.491 e. The predicted molar refractivity (Wildman–Crippen MR) is 153 cm³/mol. The Morgan fingerprint density at radius 3 is 2.67 bits per heavy atom. The monoisotopic (exact) mass is 548 g/mol. The minimum atomic E-state index is -0.647. The molecule has 0 amide bonds. The third-order valence-electron chi connectivity index (χ3n) is 6.90. The lowest BCUT2D eigenvalue weighted by molar-refractivity contribution is 0.0853. The fourth-order valence-electron chi connectivity index (χ4n) is 4.81. The number of nitrogens with zero attached hydrogens (tertiary/aromatic N) is 5. The van der Waals surface area contributed by atoms with E-state index in [-0.39, 0.29) is 6.61 Å². The van der Waals surface area contributed by atoms with E-state index in [0.29, 0.717) is 46.1 Å². The van der Waals surface area contributed by atoms with Gasteiger partial charge in [-0.3, -0.25) is 4.98 Å². The number of hydrogen-bond donors (Lipinski definition) is 2. The number of halogens is 1. The average Bonchev–Trinajstić information content (AvgIpc) is 2.96. The van der Waals surface area contributed by atoms with Crippen LogP contribution in [0.25, 0.3) is 33.8 Å². The molecule has 2 N–H and O–H groups in total. The van der Waals surface area contributed by atoms with Gasteiger partial charge in [-0.1, -0.05) is 23.7 Å². The van der Waals surface area contributed by atoms with E-state index in [2.05, 4.69) is 22.2 Å². The number of hydrogen-bond acceptors (Lipinski definition) is 9. The molecule has 0 radical (unpaired) electrons. The molecule has 0 saturated carbocycles. The van der Waals surface area contributed by atoms with Crippen LogP contribution in [0.2, 0.25) is 5.02 Å². The average molecular weight is 549 g/mol. The van der Waals surface area contributed by atoms with Gasteiger partial charge in [-0.15, -0.1) is 0 Å². The molecule has 1 fully saturated rings. The third-order valence-corrected chi connectivity index (χ3v) is 7.11. The predicted octanol–water partition coefficient (Wildman–Crippen LogP) is 4.29. The van der Waals surface area contributed by atoms with Crippen LogP contribution in [0.15, 0.2) is 48.7 Å². The summed E-state index contributed by atoms with van der Waals surface area (Å²) in [7, 11) is 3.85. The van der Waals surface area contributed by atoms with E-state index in [1.807, 2.05) is 43.3 Å². The van der Waals surface area contributed by atoms with Crippen molar-refractivity contribution in [2.24, 2.45) is 0 Å². The van der Waals surface area contributed by atoms with E-state index in [4.69, 9.17) is 36.0 Å². The Morgan fingerprint density at radius 1 is 1.13 bits per heavy atom. The second kappa shape index (κ2) is 12.2. The standard InChI is InChI=1S/C29H33ClN6O3/c1-18-27(26-16-32-24-6-4-5-7-25(24)33-26)34-28(35-29(18)36(3)21-8-10-38-11-9-21)19-12-20(30)14-23(13-19)39-17-22(37)15-31-2/h4-7,12-14,16,21-22,31,37H,8-11,15,17H2,1-3H3. The second-order valence-electron chi connectivity index (χ2n) is 9.74. The van der Waals surface area contributed by atoms with Crippen molar-refractivity contribution in [1.29, 1.82) is 0 Å². The van der Waals surface area contributed by atoms with Crippen LogP contribution in [0.3, 0.4) is 0 Å². The normalized spacial score (nSPS) is 14.9. The van der Waals surface area contributed by atoms with Crippen molar-refractivity contribution in [1.82, 2.24) is 25.3 Å². The molecule has 1 aliphatic heterocycles. The van der Waals surface area contributed by atoms with Gasteiger partial charge in [0, 0.05) is 49.0 Å². The Hall–Kier alpha value is -3.37. The number of anilines is 1. The van der Waals surface area contributed by atoms with Gasteiger partial charge in [-0.2, -0.15) is 0 Å². The molecule has 1 unspecified atom stereocenters. The third kappa shape index (κ3) is 6.28. The van der Waals surface area contributed by atoms with Gasteiger partial charge in [0.2, 0.25) is 0 Å². The minimum absolute atomic E-state index is 0.130. The first-order valence-corrected chi connectivity index (χ1v) is 13.5. The molecular weight excluding hydrogens is 516 g/mol. The molecular formula is C29H33ClN6O3. The molecule has 0 spiro atoms. The highest BCUT2D eigenvalue weighted by molar-refractivity contribution is 6.31. The van der Waals surface area contributed by atoms with E-state index in [1.165, 1.54) is 0 Å². The summed E-state index contributed by atoms with van der Waals surface area (Å²) in [6.07, 6.45) is 2.95. The Kier molecular flexibility index (Phi) is 8.52. The number of nitrogens with one attached hydrogen (secondary N) is 1. The van der Waals surface area contributed by atoms with Crippen molar-refractivity contribution < 1.29 is 14.6 Å². The number of benzene rings is 2. The molecule has 3 heterocycles. The lowest BCUT2D eigenvalue weighted by Crippen LogP contribution is -2.37. The van der Waals surface area contributed by atoms with Crippen molar-refractivity contribution in [2.75, 3.05) is 45.4 Å². The van der Waals surface area contributed by atoms with Crippen molar-refractivity contribution >= 4 is 28.5 Å². The van der Waals surface area contributed by atoms with Crippen molar-refractivity contribution in [3.8, 4) is 28.5 Å². The summed E-state index contributed by atoms with van der Waals surface area (Å²) in [6.45, 7) is 4.03. The number of aliphatic hydroxyl groups excluding tert-OH is 1. The number of ether oxygens (including phenoxy) is 2. The molecule has 9 nitrogen and oxygen atoms in total.